The van der Waals surface area contributed by atoms with E-state index in [9.17, 15) is 9.59 Å². The van der Waals surface area contributed by atoms with Gasteiger partial charge in [0.25, 0.3) is 0 Å². The molecule has 1 aromatic rings. The number of carbonyl (C=O) groups excluding carboxylic acids is 2. The third kappa shape index (κ3) is 5.49. The highest BCUT2D eigenvalue weighted by Crippen LogP contribution is 2.53. The molecule has 0 bridgehead atoms. The van der Waals surface area contributed by atoms with Crippen LogP contribution in [-0.2, 0) is 36.3 Å². The minimum atomic E-state index is -1.77. The topological polar surface area (TPSA) is 80.3 Å². The number of ether oxygens (including phenoxy) is 4. The molecule has 0 aromatic heterocycles. The third-order valence-corrected chi connectivity index (χ3v) is 7.42. The number of benzene rings is 1. The average Bonchev–Trinajstić information content (AvgIpc) is 3.20. The van der Waals surface area contributed by atoms with E-state index in [4.69, 9.17) is 23.4 Å². The van der Waals surface area contributed by atoms with Crippen LogP contribution in [0.2, 0.25) is 19.6 Å². The Morgan fingerprint density at radius 3 is 2.26 bits per heavy atom. The largest absolute Gasteiger partial charge is 0.548 e. The molecule has 34 heavy (non-hydrogen) atoms. The average molecular weight is 489 g/mol. The molecule has 0 saturated heterocycles. The molecule has 3 rings (SSSR count). The van der Waals surface area contributed by atoms with Gasteiger partial charge in [-0.05, 0) is 68.2 Å². The van der Waals surface area contributed by atoms with Gasteiger partial charge in [0, 0.05) is 17.9 Å². The Morgan fingerprint density at radius 2 is 1.71 bits per heavy atom. The highest BCUT2D eigenvalue weighted by Gasteiger charge is 2.53. The smallest absolute Gasteiger partial charge is 0.330 e. The summed E-state index contributed by atoms with van der Waals surface area (Å²) in [4.78, 5) is 24.9. The van der Waals surface area contributed by atoms with Gasteiger partial charge in [-0.1, -0.05) is 19.9 Å². The van der Waals surface area contributed by atoms with Crippen molar-refractivity contribution in [3.63, 3.8) is 0 Å². The second-order valence-electron chi connectivity index (χ2n) is 10.4. The van der Waals surface area contributed by atoms with Gasteiger partial charge in [0.1, 0.15) is 0 Å². The molecule has 0 N–H and O–H groups in total. The zero-order valence-corrected chi connectivity index (χ0v) is 22.3. The lowest BCUT2D eigenvalue weighted by Crippen LogP contribution is -2.48. The number of fused-ring (bicyclic) bond motifs is 1. The summed E-state index contributed by atoms with van der Waals surface area (Å²) >= 11 is 0. The van der Waals surface area contributed by atoms with Crippen molar-refractivity contribution in [3.05, 3.63) is 47.2 Å². The Kier molecular flexibility index (Phi) is 7.50. The van der Waals surface area contributed by atoms with Crippen molar-refractivity contribution in [2.45, 2.75) is 59.2 Å². The van der Waals surface area contributed by atoms with Crippen LogP contribution in [0.1, 0.15) is 37.8 Å². The second kappa shape index (κ2) is 9.86. The first-order valence-corrected chi connectivity index (χ1v) is 15.0. The lowest BCUT2D eigenvalue weighted by Gasteiger charge is -2.47. The summed E-state index contributed by atoms with van der Waals surface area (Å²) in [5.74, 6) is 1.61. The molecule has 1 aliphatic heterocycles. The summed E-state index contributed by atoms with van der Waals surface area (Å²) in [6, 6.07) is 3.87. The number of hydrogen-bond acceptors (Lipinski definition) is 7. The number of hydrogen-bond donors (Lipinski definition) is 0. The van der Waals surface area contributed by atoms with Crippen LogP contribution in [0.3, 0.4) is 0 Å². The maximum absolute atomic E-state index is 13.4. The second-order valence-corrected chi connectivity index (χ2v) is 14.8. The van der Waals surface area contributed by atoms with E-state index < -0.39 is 25.1 Å². The monoisotopic (exact) mass is 488 g/mol. The predicted molar refractivity (Wildman–Crippen MR) is 131 cm³/mol. The standard InChI is InChI=1S/C26H36O7Si/c1-25(2)16-20(33-34(5,6)7)11-12-26(25,24(28)30-4)15-19-14-22-21(31-17-32-22)13-18(19)9-8-10-23(27)29-3/h8,10,13-14,16H,9,11-12,15,17H2,1-7H3/b10-8+. The SMILES string of the molecule is COC(=O)/C=C/Cc1cc2c(cc1CC1(C(=O)OC)CCC(O[Si](C)(C)C)=CC1(C)C)OCO2. The zero-order valence-electron chi connectivity index (χ0n) is 21.3. The highest BCUT2D eigenvalue weighted by molar-refractivity contribution is 6.70. The van der Waals surface area contributed by atoms with Gasteiger partial charge in [0.05, 0.1) is 25.4 Å². The van der Waals surface area contributed by atoms with E-state index in [0.717, 1.165) is 16.9 Å². The van der Waals surface area contributed by atoms with Crippen LogP contribution in [0.25, 0.3) is 0 Å². The van der Waals surface area contributed by atoms with Crippen LogP contribution in [0.5, 0.6) is 11.5 Å². The molecule has 1 aliphatic carbocycles. The summed E-state index contributed by atoms with van der Waals surface area (Å²) in [7, 11) is 1.02. The third-order valence-electron chi connectivity index (χ3n) is 6.55. The quantitative estimate of drug-likeness (QED) is 0.291. The van der Waals surface area contributed by atoms with Gasteiger partial charge in [-0.3, -0.25) is 4.79 Å². The van der Waals surface area contributed by atoms with Crippen LogP contribution >= 0.6 is 0 Å². The molecule has 7 nitrogen and oxygen atoms in total. The van der Waals surface area contributed by atoms with Crippen LogP contribution < -0.4 is 9.47 Å². The normalized spacial score (nSPS) is 21.2. The van der Waals surface area contributed by atoms with E-state index in [2.05, 4.69) is 39.6 Å². The van der Waals surface area contributed by atoms with Crippen molar-refractivity contribution in [1.29, 1.82) is 0 Å². The van der Waals surface area contributed by atoms with E-state index >= 15 is 0 Å². The highest BCUT2D eigenvalue weighted by atomic mass is 28.4. The maximum Gasteiger partial charge on any atom is 0.330 e. The Morgan fingerprint density at radius 1 is 1.06 bits per heavy atom. The van der Waals surface area contributed by atoms with Crippen molar-refractivity contribution in [3.8, 4) is 11.5 Å². The molecule has 0 fully saturated rings. The molecular weight excluding hydrogens is 452 g/mol. The first-order valence-electron chi connectivity index (χ1n) is 11.6. The van der Waals surface area contributed by atoms with Crippen LogP contribution in [-0.4, -0.2) is 41.3 Å². The first-order chi connectivity index (χ1) is 15.9. The van der Waals surface area contributed by atoms with E-state index in [1.807, 2.05) is 12.1 Å². The fourth-order valence-corrected chi connectivity index (χ4v) is 5.70. The molecule has 1 atom stereocenters. The molecule has 0 amide bonds. The zero-order chi connectivity index (χ0) is 25.1. The Labute approximate surface area is 203 Å². The fraction of sp³-hybridized carbons (Fsp3) is 0.538. The first kappa shape index (κ1) is 25.9. The molecule has 1 unspecified atom stereocenters. The van der Waals surface area contributed by atoms with E-state index in [1.165, 1.54) is 20.3 Å². The number of methoxy groups -OCH3 is 2. The van der Waals surface area contributed by atoms with Gasteiger partial charge in [-0.2, -0.15) is 0 Å². The van der Waals surface area contributed by atoms with Gasteiger partial charge in [0.2, 0.25) is 15.1 Å². The van der Waals surface area contributed by atoms with Crippen molar-refractivity contribution in [2.24, 2.45) is 10.8 Å². The minimum absolute atomic E-state index is 0.157. The van der Waals surface area contributed by atoms with Crippen molar-refractivity contribution < 1.29 is 33.0 Å². The molecule has 1 heterocycles. The van der Waals surface area contributed by atoms with Crippen LogP contribution in [0, 0.1) is 10.8 Å². The van der Waals surface area contributed by atoms with Crippen LogP contribution in [0.15, 0.2) is 36.1 Å². The molecule has 0 radical (unpaired) electrons. The summed E-state index contributed by atoms with van der Waals surface area (Å²) in [6.07, 6.45) is 7.48. The minimum Gasteiger partial charge on any atom is -0.548 e. The fourth-order valence-electron chi connectivity index (χ4n) is 4.75. The summed E-state index contributed by atoms with van der Waals surface area (Å²) in [5.41, 5.74) is 0.614. The maximum atomic E-state index is 13.4. The molecule has 2 aliphatic rings. The van der Waals surface area contributed by atoms with E-state index in [0.29, 0.717) is 37.2 Å². The number of carbonyl (C=O) groups is 2. The number of rotatable bonds is 8. The lowest BCUT2D eigenvalue weighted by molar-refractivity contribution is -0.160. The molecular formula is C26H36O7Si. The van der Waals surface area contributed by atoms with Gasteiger partial charge in [-0.25, -0.2) is 4.79 Å². The number of allylic oxidation sites excluding steroid dienone is 3. The van der Waals surface area contributed by atoms with Crippen LogP contribution in [0.4, 0.5) is 0 Å². The molecule has 8 heteroatoms. The Balaban J connectivity index is 2.02. The Hall–Kier alpha value is -2.74. The molecule has 1 aromatic carbocycles. The molecule has 0 saturated carbocycles. The van der Waals surface area contributed by atoms with Gasteiger partial charge < -0.3 is 23.4 Å². The summed E-state index contributed by atoms with van der Waals surface area (Å²) in [5, 5.41) is 0. The van der Waals surface area contributed by atoms with Crippen molar-refractivity contribution in [2.75, 3.05) is 21.0 Å². The van der Waals surface area contributed by atoms with Gasteiger partial charge in [-0.15, -0.1) is 0 Å². The van der Waals surface area contributed by atoms with E-state index in [1.54, 1.807) is 6.08 Å². The Bertz CT molecular complexity index is 1000. The predicted octanol–water partition coefficient (Wildman–Crippen LogP) is 4.94. The molecule has 186 valence electrons. The number of esters is 2. The summed E-state index contributed by atoms with van der Waals surface area (Å²) in [6.45, 7) is 10.8. The van der Waals surface area contributed by atoms with E-state index in [-0.39, 0.29) is 12.8 Å². The summed E-state index contributed by atoms with van der Waals surface area (Å²) < 4.78 is 27.6. The van der Waals surface area contributed by atoms with Gasteiger partial charge >= 0.3 is 11.9 Å². The molecule has 0 spiro atoms. The van der Waals surface area contributed by atoms with Gasteiger partial charge in [0.15, 0.2) is 11.5 Å². The van der Waals surface area contributed by atoms with Crippen molar-refractivity contribution in [1.82, 2.24) is 0 Å². The van der Waals surface area contributed by atoms with Crippen molar-refractivity contribution >= 4 is 20.3 Å². The lowest BCUT2D eigenvalue weighted by atomic mass is 9.57.